The van der Waals surface area contributed by atoms with Crippen molar-refractivity contribution in [3.63, 3.8) is 0 Å². The Labute approximate surface area is 144 Å². The van der Waals surface area contributed by atoms with Crippen molar-refractivity contribution in [3.8, 4) is 0 Å². The number of nitrogen functional groups attached to an aromatic ring is 1. The van der Waals surface area contributed by atoms with Crippen molar-refractivity contribution in [2.45, 2.75) is 64.5 Å². The lowest BCUT2D eigenvalue weighted by atomic mass is 9.79. The quantitative estimate of drug-likeness (QED) is 0.728. The average molecular weight is 331 g/mol. The highest BCUT2D eigenvalue weighted by molar-refractivity contribution is 5.68. The van der Waals surface area contributed by atoms with E-state index in [0.29, 0.717) is 12.5 Å². The van der Waals surface area contributed by atoms with Crippen molar-refractivity contribution in [2.75, 3.05) is 17.6 Å². The van der Waals surface area contributed by atoms with Gasteiger partial charge in [-0.1, -0.05) is 26.8 Å². The van der Waals surface area contributed by atoms with E-state index < -0.39 is 6.09 Å². The molecule has 0 spiro atoms. The molecule has 1 aliphatic carbocycles. The van der Waals surface area contributed by atoms with Crippen molar-refractivity contribution in [1.82, 2.24) is 4.90 Å². The molecule has 1 heterocycles. The molecule has 5 nitrogen and oxygen atoms in total. The molecule has 0 radical (unpaired) electrons. The number of carbonyl (C=O) groups is 1. The Morgan fingerprint density at radius 3 is 2.58 bits per heavy atom. The van der Waals surface area contributed by atoms with Crippen LogP contribution < -0.4 is 11.1 Å². The number of nitrogens with two attached hydrogens (primary N) is 1. The summed E-state index contributed by atoms with van der Waals surface area (Å²) < 4.78 is 0. The number of hydrogen-bond donors (Lipinski definition) is 3. The van der Waals surface area contributed by atoms with E-state index in [0.717, 1.165) is 24.2 Å². The Morgan fingerprint density at radius 2 is 2.00 bits per heavy atom. The molecule has 5 heteroatoms. The van der Waals surface area contributed by atoms with Gasteiger partial charge in [-0.05, 0) is 54.7 Å². The first-order valence-electron chi connectivity index (χ1n) is 8.91. The van der Waals surface area contributed by atoms with Crippen LogP contribution in [0.5, 0.6) is 0 Å². The van der Waals surface area contributed by atoms with Crippen LogP contribution in [0.3, 0.4) is 0 Å². The molecule has 1 aliphatic heterocycles. The van der Waals surface area contributed by atoms with Crippen molar-refractivity contribution >= 4 is 17.5 Å². The molecule has 1 saturated heterocycles. The highest BCUT2D eigenvalue weighted by Gasteiger charge is 2.38. The summed E-state index contributed by atoms with van der Waals surface area (Å²) >= 11 is 0. The van der Waals surface area contributed by atoms with Crippen LogP contribution in [0.1, 0.15) is 57.9 Å². The third kappa shape index (κ3) is 3.60. The van der Waals surface area contributed by atoms with E-state index in [1.807, 2.05) is 6.07 Å². The van der Waals surface area contributed by atoms with Gasteiger partial charge in [0, 0.05) is 18.6 Å². The largest absolute Gasteiger partial charge is 0.465 e. The van der Waals surface area contributed by atoms with E-state index in [1.165, 1.54) is 18.4 Å². The number of piperidine rings is 1. The third-order valence-electron chi connectivity index (χ3n) is 5.33. The van der Waals surface area contributed by atoms with Crippen molar-refractivity contribution < 1.29 is 9.90 Å². The number of nitrogens with one attached hydrogen (secondary N) is 1. The van der Waals surface area contributed by atoms with Crippen LogP contribution in [0, 0.1) is 5.41 Å². The topological polar surface area (TPSA) is 78.6 Å². The van der Waals surface area contributed by atoms with E-state index >= 15 is 0 Å². The SMILES string of the molecule is CC(C)(C)C1CC(Nc2cc(C3CC3)ccc2N)CCN1C(=O)O. The number of anilines is 2. The normalized spacial score (nSPS) is 24.7. The zero-order valence-electron chi connectivity index (χ0n) is 14.9. The number of rotatable bonds is 3. The molecule has 2 unspecified atom stereocenters. The summed E-state index contributed by atoms with van der Waals surface area (Å²) in [5.74, 6) is 0.697. The highest BCUT2D eigenvalue weighted by atomic mass is 16.4. The monoisotopic (exact) mass is 331 g/mol. The molecule has 0 aromatic heterocycles. The number of nitrogens with zero attached hydrogens (tertiary/aromatic N) is 1. The van der Waals surface area contributed by atoms with E-state index in [-0.39, 0.29) is 17.5 Å². The van der Waals surface area contributed by atoms with Crippen LogP contribution in [-0.2, 0) is 0 Å². The summed E-state index contributed by atoms with van der Waals surface area (Å²) in [6.07, 6.45) is 3.34. The molecule has 1 amide bonds. The summed E-state index contributed by atoms with van der Waals surface area (Å²) in [5, 5.41) is 13.1. The minimum Gasteiger partial charge on any atom is -0.465 e. The van der Waals surface area contributed by atoms with Gasteiger partial charge in [0.25, 0.3) is 0 Å². The molecule has 24 heavy (non-hydrogen) atoms. The number of hydrogen-bond acceptors (Lipinski definition) is 3. The van der Waals surface area contributed by atoms with Crippen LogP contribution in [-0.4, -0.2) is 34.7 Å². The zero-order chi connectivity index (χ0) is 17.5. The van der Waals surface area contributed by atoms with Gasteiger partial charge in [-0.25, -0.2) is 4.79 Å². The highest BCUT2D eigenvalue weighted by Crippen LogP contribution is 2.42. The van der Waals surface area contributed by atoms with E-state index in [4.69, 9.17) is 5.73 Å². The molecule has 1 aromatic carbocycles. The number of benzene rings is 1. The Balaban J connectivity index is 1.74. The molecule has 2 aliphatic rings. The third-order valence-corrected chi connectivity index (χ3v) is 5.33. The fourth-order valence-electron chi connectivity index (χ4n) is 3.74. The first-order valence-corrected chi connectivity index (χ1v) is 8.91. The van der Waals surface area contributed by atoms with Crippen LogP contribution >= 0.6 is 0 Å². The minimum atomic E-state index is -0.816. The Kier molecular flexibility index (Phi) is 4.37. The van der Waals surface area contributed by atoms with Gasteiger partial charge in [0.05, 0.1) is 11.4 Å². The predicted octanol–water partition coefficient (Wildman–Crippen LogP) is 4.12. The fourth-order valence-corrected chi connectivity index (χ4v) is 3.74. The molecule has 2 fully saturated rings. The first-order chi connectivity index (χ1) is 11.3. The van der Waals surface area contributed by atoms with Crippen LogP contribution in [0.4, 0.5) is 16.2 Å². The van der Waals surface area contributed by atoms with Gasteiger partial charge in [-0.3, -0.25) is 0 Å². The van der Waals surface area contributed by atoms with E-state index in [1.54, 1.807) is 4.90 Å². The lowest BCUT2D eigenvalue weighted by molar-refractivity contribution is 0.0558. The molecule has 4 N–H and O–H groups in total. The van der Waals surface area contributed by atoms with Crippen molar-refractivity contribution in [3.05, 3.63) is 23.8 Å². The van der Waals surface area contributed by atoms with Crippen LogP contribution in [0.2, 0.25) is 0 Å². The number of likely N-dealkylation sites (tertiary alicyclic amines) is 1. The summed E-state index contributed by atoms with van der Waals surface area (Å²) in [5.41, 5.74) is 9.21. The Bertz CT molecular complexity index is 620. The molecule has 0 bridgehead atoms. The van der Waals surface area contributed by atoms with Gasteiger partial charge in [0.15, 0.2) is 0 Å². The fraction of sp³-hybridized carbons (Fsp3) is 0.632. The molecular formula is C19H29N3O2. The molecule has 132 valence electrons. The first kappa shape index (κ1) is 16.9. The lowest BCUT2D eigenvalue weighted by Gasteiger charge is -2.45. The minimum absolute atomic E-state index is 0.00842. The molecule has 3 rings (SSSR count). The average Bonchev–Trinajstić information content (AvgIpc) is 3.33. The molecule has 2 atom stereocenters. The zero-order valence-corrected chi connectivity index (χ0v) is 14.9. The second-order valence-electron chi connectivity index (χ2n) is 8.34. The Morgan fingerprint density at radius 1 is 1.29 bits per heavy atom. The van der Waals surface area contributed by atoms with E-state index in [9.17, 15) is 9.90 Å². The summed E-state index contributed by atoms with van der Waals surface area (Å²) in [6.45, 7) is 6.89. The van der Waals surface area contributed by atoms with Gasteiger partial charge in [-0.2, -0.15) is 0 Å². The number of carboxylic acid groups (broad SMARTS) is 1. The number of amides is 1. The Hall–Kier alpha value is -1.91. The lowest BCUT2D eigenvalue weighted by Crippen LogP contribution is -2.54. The smallest absolute Gasteiger partial charge is 0.407 e. The maximum atomic E-state index is 11.5. The molecule has 1 saturated carbocycles. The molecule has 1 aromatic rings. The van der Waals surface area contributed by atoms with Gasteiger partial charge in [0.1, 0.15) is 0 Å². The summed E-state index contributed by atoms with van der Waals surface area (Å²) in [6, 6.07) is 6.56. The van der Waals surface area contributed by atoms with Gasteiger partial charge < -0.3 is 21.1 Å². The maximum absolute atomic E-state index is 11.5. The van der Waals surface area contributed by atoms with Gasteiger partial charge in [0.2, 0.25) is 0 Å². The van der Waals surface area contributed by atoms with Crippen molar-refractivity contribution in [1.29, 1.82) is 0 Å². The summed E-state index contributed by atoms with van der Waals surface area (Å²) in [4.78, 5) is 13.1. The van der Waals surface area contributed by atoms with Gasteiger partial charge in [-0.15, -0.1) is 0 Å². The predicted molar refractivity (Wildman–Crippen MR) is 97.4 cm³/mol. The second kappa shape index (κ2) is 6.19. The van der Waals surface area contributed by atoms with Crippen LogP contribution in [0.25, 0.3) is 0 Å². The standard InChI is InChI=1S/C19H29N3O2/c1-19(2,3)17-11-14(8-9-22(17)18(23)24)21-16-10-13(12-4-5-12)6-7-15(16)20/h6-7,10,12,14,17,21H,4-5,8-9,11,20H2,1-3H3,(H,23,24). The van der Waals surface area contributed by atoms with Crippen molar-refractivity contribution in [2.24, 2.45) is 5.41 Å². The second-order valence-corrected chi connectivity index (χ2v) is 8.34. The maximum Gasteiger partial charge on any atom is 0.407 e. The van der Waals surface area contributed by atoms with E-state index in [2.05, 4.69) is 38.2 Å². The van der Waals surface area contributed by atoms with Gasteiger partial charge >= 0.3 is 6.09 Å². The van der Waals surface area contributed by atoms with Crippen LogP contribution in [0.15, 0.2) is 18.2 Å². The molecular weight excluding hydrogens is 302 g/mol. The summed E-state index contributed by atoms with van der Waals surface area (Å²) in [7, 11) is 0.